The standard InChI is InChI=1S/C45H68N2O8SSi/c1-32(2)57(33(3)4,34(5)6)54-31-39-28-41(37-15-13-36(14-16-37)30-52-26-25-51-9)44(29-46-39)55-45(56(48,49)40-18-11-35(7)12-19-40)38-17-20-43-42(27-38)47(22-24-53-43)21-10-23-50-8/h11-20,27,32-34,39,41,44-46H,10,21-26,28-31H2,1-9H3/t39-,41+,44-,45?/m0/s1. The second kappa shape index (κ2) is 20.9. The number of rotatable bonds is 21. The van der Waals surface area contributed by atoms with Crippen LogP contribution in [0.15, 0.2) is 71.6 Å². The number of piperidine rings is 1. The van der Waals surface area contributed by atoms with E-state index in [9.17, 15) is 8.42 Å². The zero-order chi connectivity index (χ0) is 41.2. The first-order valence-corrected chi connectivity index (χ1v) is 24.5. The SMILES string of the molecule is COCCCN1CCOc2ccc(C(O[C@H]3CN[C@H](CO[Si](C(C)C)(C(C)C)C(C)C)C[C@@H]3c3ccc(COCCOC)cc3)S(=O)(=O)c3ccc(C)cc3)cc21. The lowest BCUT2D eigenvalue weighted by molar-refractivity contribution is -0.00985. The van der Waals surface area contributed by atoms with E-state index >= 15 is 0 Å². The molecule has 0 saturated carbocycles. The summed E-state index contributed by atoms with van der Waals surface area (Å²) in [6, 6.07) is 21.3. The van der Waals surface area contributed by atoms with Crippen molar-refractivity contribution in [1.29, 1.82) is 0 Å². The van der Waals surface area contributed by atoms with Gasteiger partial charge in [-0.1, -0.05) is 89.6 Å². The van der Waals surface area contributed by atoms with Gasteiger partial charge < -0.3 is 38.3 Å². The number of aryl methyl sites for hydroxylation is 1. The number of anilines is 1. The Kier molecular flexibility index (Phi) is 16.6. The van der Waals surface area contributed by atoms with Gasteiger partial charge in [0.05, 0.1) is 43.1 Å². The van der Waals surface area contributed by atoms with Crippen LogP contribution in [0.4, 0.5) is 5.69 Å². The van der Waals surface area contributed by atoms with Crippen molar-refractivity contribution in [3.63, 3.8) is 0 Å². The van der Waals surface area contributed by atoms with Crippen LogP contribution in [0.3, 0.4) is 0 Å². The molecule has 0 bridgehead atoms. The topological polar surface area (TPSA) is 105 Å². The van der Waals surface area contributed by atoms with Crippen molar-refractivity contribution in [2.75, 3.05) is 71.8 Å². The van der Waals surface area contributed by atoms with E-state index in [4.69, 9.17) is 28.1 Å². The molecule has 2 aliphatic heterocycles. The van der Waals surface area contributed by atoms with Crippen LogP contribution < -0.4 is 15.0 Å². The maximum absolute atomic E-state index is 14.8. The van der Waals surface area contributed by atoms with E-state index in [-0.39, 0.29) is 16.9 Å². The average molecular weight is 825 g/mol. The zero-order valence-electron chi connectivity index (χ0n) is 35.8. The Morgan fingerprint density at radius 3 is 2.21 bits per heavy atom. The molecule has 5 rings (SSSR count). The first-order chi connectivity index (χ1) is 27.3. The fourth-order valence-corrected chi connectivity index (χ4v) is 16.0. The summed E-state index contributed by atoms with van der Waals surface area (Å²) in [7, 11) is -2.75. The van der Waals surface area contributed by atoms with Gasteiger partial charge in [-0.15, -0.1) is 0 Å². The van der Waals surface area contributed by atoms with Crippen LogP contribution in [0.2, 0.25) is 16.6 Å². The minimum Gasteiger partial charge on any atom is -0.490 e. The summed E-state index contributed by atoms with van der Waals surface area (Å²) in [5.41, 5.74) is 4.75. The molecular formula is C45H68N2O8SSi. The molecule has 0 amide bonds. The highest BCUT2D eigenvalue weighted by atomic mass is 32.2. The molecular weight excluding hydrogens is 757 g/mol. The molecule has 3 aromatic rings. The van der Waals surface area contributed by atoms with Crippen molar-refractivity contribution in [3.05, 3.63) is 89.0 Å². The highest BCUT2D eigenvalue weighted by molar-refractivity contribution is 7.91. The van der Waals surface area contributed by atoms with Crippen LogP contribution in [-0.2, 0) is 39.8 Å². The fraction of sp³-hybridized carbons (Fsp3) is 0.600. The number of fused-ring (bicyclic) bond motifs is 1. The van der Waals surface area contributed by atoms with E-state index < -0.39 is 29.7 Å². The minimum atomic E-state index is -4.01. The van der Waals surface area contributed by atoms with Crippen LogP contribution in [0.25, 0.3) is 0 Å². The lowest BCUT2D eigenvalue weighted by Gasteiger charge is -2.44. The maximum atomic E-state index is 14.8. The Bertz CT molecular complexity index is 1770. The van der Waals surface area contributed by atoms with E-state index in [0.717, 1.165) is 47.5 Å². The summed E-state index contributed by atoms with van der Waals surface area (Å²) < 4.78 is 66.2. The van der Waals surface area contributed by atoms with Gasteiger partial charge in [-0.2, -0.15) is 0 Å². The number of methoxy groups -OCH3 is 2. The van der Waals surface area contributed by atoms with Crippen LogP contribution in [0.1, 0.15) is 88.0 Å². The largest absolute Gasteiger partial charge is 0.490 e. The molecule has 0 aliphatic carbocycles. The van der Waals surface area contributed by atoms with Crippen LogP contribution >= 0.6 is 0 Å². The number of nitrogens with one attached hydrogen (secondary N) is 1. The first kappa shape index (κ1) is 45.3. The number of ether oxygens (including phenoxy) is 5. The molecule has 316 valence electrons. The smallest absolute Gasteiger partial charge is 0.209 e. The summed E-state index contributed by atoms with van der Waals surface area (Å²) in [6.45, 7) is 21.1. The van der Waals surface area contributed by atoms with Gasteiger partial charge >= 0.3 is 0 Å². The van der Waals surface area contributed by atoms with Gasteiger partial charge in [0.15, 0.2) is 13.8 Å². The molecule has 2 aliphatic rings. The molecule has 12 heteroatoms. The molecule has 1 unspecified atom stereocenters. The third kappa shape index (κ3) is 11.1. The van der Waals surface area contributed by atoms with E-state index in [2.05, 4.69) is 76.0 Å². The Hall–Kier alpha value is -2.81. The fourth-order valence-electron chi connectivity index (χ4n) is 8.94. The Morgan fingerprint density at radius 1 is 0.877 bits per heavy atom. The minimum absolute atomic E-state index is 0.0729. The average Bonchev–Trinajstić information content (AvgIpc) is 3.19. The highest BCUT2D eigenvalue weighted by Gasteiger charge is 2.46. The first-order valence-electron chi connectivity index (χ1n) is 20.8. The third-order valence-electron chi connectivity index (χ3n) is 11.9. The monoisotopic (exact) mass is 824 g/mol. The molecule has 3 aromatic carbocycles. The molecule has 10 nitrogen and oxygen atoms in total. The summed E-state index contributed by atoms with van der Waals surface area (Å²) in [5.74, 6) is 0.641. The van der Waals surface area contributed by atoms with Crippen molar-refractivity contribution in [3.8, 4) is 5.75 Å². The second-order valence-electron chi connectivity index (χ2n) is 16.6. The van der Waals surface area contributed by atoms with E-state index in [1.54, 1.807) is 26.4 Å². The van der Waals surface area contributed by atoms with Crippen LogP contribution in [0.5, 0.6) is 5.75 Å². The van der Waals surface area contributed by atoms with E-state index in [1.165, 1.54) is 0 Å². The molecule has 4 atom stereocenters. The van der Waals surface area contributed by atoms with Gasteiger partial charge in [0.1, 0.15) is 12.4 Å². The van der Waals surface area contributed by atoms with Gasteiger partial charge in [0, 0.05) is 52.5 Å². The Labute approximate surface area is 344 Å². The van der Waals surface area contributed by atoms with Gasteiger partial charge in [-0.3, -0.25) is 0 Å². The summed E-state index contributed by atoms with van der Waals surface area (Å²) in [5, 5.41) is 3.76. The van der Waals surface area contributed by atoms with Crippen molar-refractivity contribution < 1.29 is 36.5 Å². The zero-order valence-corrected chi connectivity index (χ0v) is 37.6. The molecule has 0 aromatic heterocycles. The molecule has 1 fully saturated rings. The summed E-state index contributed by atoms with van der Waals surface area (Å²) in [6.07, 6.45) is 1.12. The quantitative estimate of drug-likeness (QED) is 0.0830. The van der Waals surface area contributed by atoms with Crippen LogP contribution in [0, 0.1) is 6.92 Å². The number of benzene rings is 3. The third-order valence-corrected chi connectivity index (χ3v) is 19.8. The maximum Gasteiger partial charge on any atom is 0.209 e. The van der Waals surface area contributed by atoms with Crippen molar-refractivity contribution in [2.45, 2.75) is 113 Å². The lowest BCUT2D eigenvalue weighted by atomic mass is 9.84. The summed E-state index contributed by atoms with van der Waals surface area (Å²) in [4.78, 5) is 2.48. The second-order valence-corrected chi connectivity index (χ2v) is 24.1. The molecule has 57 heavy (non-hydrogen) atoms. The predicted molar refractivity (Wildman–Crippen MR) is 231 cm³/mol. The van der Waals surface area contributed by atoms with Crippen LogP contribution in [-0.4, -0.2) is 95.8 Å². The van der Waals surface area contributed by atoms with E-state index in [0.29, 0.717) is 74.9 Å². The van der Waals surface area contributed by atoms with Gasteiger partial charge in [0.2, 0.25) is 9.84 Å². The number of hydrogen-bond donors (Lipinski definition) is 1. The number of nitrogens with zero attached hydrogens (tertiary/aromatic N) is 1. The lowest BCUT2D eigenvalue weighted by Crippen LogP contribution is -2.54. The number of hydrogen-bond acceptors (Lipinski definition) is 10. The molecule has 1 N–H and O–H groups in total. The normalized spacial score (nSPS) is 19.6. The van der Waals surface area contributed by atoms with Gasteiger partial charge in [-0.25, -0.2) is 8.42 Å². The van der Waals surface area contributed by atoms with Gasteiger partial charge in [0.25, 0.3) is 0 Å². The van der Waals surface area contributed by atoms with E-state index in [1.807, 2.05) is 37.3 Å². The van der Waals surface area contributed by atoms with Crippen molar-refractivity contribution in [2.24, 2.45) is 0 Å². The van der Waals surface area contributed by atoms with Crippen molar-refractivity contribution in [1.82, 2.24) is 5.32 Å². The Morgan fingerprint density at radius 2 is 1.56 bits per heavy atom. The molecule has 1 saturated heterocycles. The molecule has 0 radical (unpaired) electrons. The predicted octanol–water partition coefficient (Wildman–Crippen LogP) is 8.59. The molecule has 0 spiro atoms. The van der Waals surface area contributed by atoms with Gasteiger partial charge in [-0.05, 0) is 77.3 Å². The number of sulfone groups is 1. The highest BCUT2D eigenvalue weighted by Crippen LogP contribution is 2.44. The molecule has 2 heterocycles. The Balaban J connectivity index is 1.51. The van der Waals surface area contributed by atoms with Crippen molar-refractivity contribution >= 4 is 23.8 Å². The summed E-state index contributed by atoms with van der Waals surface area (Å²) >= 11 is 0.